The standard InChI is InChI=1S/C17H25BrN2/c1-2-19-12-14-11-15(18)8-9-17(14)20-10-4-6-13-5-3-7-16(13)20/h8-9,11,13,16,19H,2-7,10,12H2,1H3. The van der Waals surface area contributed by atoms with E-state index in [4.69, 9.17) is 0 Å². The number of halogens is 1. The molecule has 2 unspecified atom stereocenters. The Morgan fingerprint density at radius 3 is 2.95 bits per heavy atom. The van der Waals surface area contributed by atoms with Crippen LogP contribution in [0.4, 0.5) is 5.69 Å². The SMILES string of the molecule is CCNCc1cc(Br)ccc1N1CCCC2CCCC21. The summed E-state index contributed by atoms with van der Waals surface area (Å²) < 4.78 is 1.19. The third-order valence-corrected chi connectivity index (χ3v) is 5.40. The highest BCUT2D eigenvalue weighted by Crippen LogP contribution is 2.40. The third-order valence-electron chi connectivity index (χ3n) is 4.91. The lowest BCUT2D eigenvalue weighted by Crippen LogP contribution is -2.43. The van der Waals surface area contributed by atoms with E-state index >= 15 is 0 Å². The normalized spacial score (nSPS) is 25.8. The smallest absolute Gasteiger partial charge is 0.0415 e. The molecule has 110 valence electrons. The monoisotopic (exact) mass is 336 g/mol. The van der Waals surface area contributed by atoms with Gasteiger partial charge in [0.2, 0.25) is 0 Å². The molecule has 0 bridgehead atoms. The zero-order valence-corrected chi connectivity index (χ0v) is 14.0. The van der Waals surface area contributed by atoms with Crippen molar-refractivity contribution in [2.24, 2.45) is 5.92 Å². The molecule has 2 nitrogen and oxygen atoms in total. The number of fused-ring (bicyclic) bond motifs is 1. The van der Waals surface area contributed by atoms with Crippen molar-refractivity contribution in [2.45, 2.75) is 51.6 Å². The first-order valence-corrected chi connectivity index (χ1v) is 8.84. The van der Waals surface area contributed by atoms with Gasteiger partial charge in [0.25, 0.3) is 0 Å². The molecule has 0 amide bonds. The average Bonchev–Trinajstić information content (AvgIpc) is 2.94. The maximum absolute atomic E-state index is 3.62. The molecule has 1 aromatic carbocycles. The molecule has 2 atom stereocenters. The molecule has 1 aromatic rings. The van der Waals surface area contributed by atoms with E-state index in [-0.39, 0.29) is 0 Å². The molecule has 1 aliphatic carbocycles. The van der Waals surface area contributed by atoms with E-state index in [1.54, 1.807) is 0 Å². The number of anilines is 1. The molecule has 0 aromatic heterocycles. The van der Waals surface area contributed by atoms with E-state index in [0.717, 1.165) is 25.0 Å². The summed E-state index contributed by atoms with van der Waals surface area (Å²) in [7, 11) is 0. The number of rotatable bonds is 4. The lowest BCUT2D eigenvalue weighted by atomic mass is 9.91. The molecule has 3 heteroatoms. The Morgan fingerprint density at radius 1 is 1.25 bits per heavy atom. The van der Waals surface area contributed by atoms with Gasteiger partial charge in [-0.3, -0.25) is 0 Å². The lowest BCUT2D eigenvalue weighted by molar-refractivity contribution is 0.362. The molecule has 2 aliphatic rings. The van der Waals surface area contributed by atoms with Crippen molar-refractivity contribution in [2.75, 3.05) is 18.0 Å². The van der Waals surface area contributed by atoms with Gasteiger partial charge in [0, 0.05) is 29.3 Å². The highest BCUT2D eigenvalue weighted by Gasteiger charge is 2.35. The van der Waals surface area contributed by atoms with Crippen LogP contribution in [0.1, 0.15) is 44.6 Å². The second kappa shape index (κ2) is 6.48. The molecule has 20 heavy (non-hydrogen) atoms. The van der Waals surface area contributed by atoms with Crippen LogP contribution >= 0.6 is 15.9 Å². The Balaban J connectivity index is 1.87. The summed E-state index contributed by atoms with van der Waals surface area (Å²) in [5, 5.41) is 3.48. The van der Waals surface area contributed by atoms with E-state index in [9.17, 15) is 0 Å². The summed E-state index contributed by atoms with van der Waals surface area (Å²) in [6, 6.07) is 7.60. The zero-order chi connectivity index (χ0) is 13.9. The predicted molar refractivity (Wildman–Crippen MR) is 89.2 cm³/mol. The first kappa shape index (κ1) is 14.4. The molecule has 1 N–H and O–H groups in total. The van der Waals surface area contributed by atoms with Crippen molar-refractivity contribution in [1.29, 1.82) is 0 Å². The molecule has 1 heterocycles. The average molecular weight is 337 g/mol. The molecule has 1 saturated heterocycles. The van der Waals surface area contributed by atoms with Gasteiger partial charge in [-0.05, 0) is 61.9 Å². The van der Waals surface area contributed by atoms with Crippen LogP contribution in [-0.2, 0) is 6.54 Å². The van der Waals surface area contributed by atoms with Crippen LogP contribution in [0.2, 0.25) is 0 Å². The quantitative estimate of drug-likeness (QED) is 0.880. The van der Waals surface area contributed by atoms with Crippen molar-refractivity contribution >= 4 is 21.6 Å². The van der Waals surface area contributed by atoms with Crippen LogP contribution in [0, 0.1) is 5.92 Å². The van der Waals surface area contributed by atoms with E-state index in [1.165, 1.54) is 54.4 Å². The predicted octanol–water partition coefficient (Wildman–Crippen LogP) is 4.33. The van der Waals surface area contributed by atoms with Crippen LogP contribution in [0.25, 0.3) is 0 Å². The zero-order valence-electron chi connectivity index (χ0n) is 12.4. The van der Waals surface area contributed by atoms with Crippen LogP contribution in [0.15, 0.2) is 22.7 Å². The molecule has 0 spiro atoms. The largest absolute Gasteiger partial charge is 0.368 e. The molecule has 0 radical (unpaired) electrons. The summed E-state index contributed by atoms with van der Waals surface area (Å²) in [5.74, 6) is 0.944. The molecule has 1 aliphatic heterocycles. The third kappa shape index (κ3) is 2.89. The van der Waals surface area contributed by atoms with E-state index < -0.39 is 0 Å². The summed E-state index contributed by atoms with van der Waals surface area (Å²) in [6.07, 6.45) is 7.06. The Kier molecular flexibility index (Phi) is 4.67. The van der Waals surface area contributed by atoms with Gasteiger partial charge >= 0.3 is 0 Å². The molecule has 2 fully saturated rings. The minimum Gasteiger partial charge on any atom is -0.368 e. The van der Waals surface area contributed by atoms with E-state index in [2.05, 4.69) is 51.3 Å². The van der Waals surface area contributed by atoms with Gasteiger partial charge in [-0.1, -0.05) is 29.3 Å². The fourth-order valence-electron chi connectivity index (χ4n) is 3.99. The van der Waals surface area contributed by atoms with Gasteiger partial charge in [-0.15, -0.1) is 0 Å². The maximum atomic E-state index is 3.62. The van der Waals surface area contributed by atoms with Gasteiger partial charge < -0.3 is 10.2 Å². The van der Waals surface area contributed by atoms with Crippen molar-refractivity contribution < 1.29 is 0 Å². The Hall–Kier alpha value is -0.540. The number of nitrogens with zero attached hydrogens (tertiary/aromatic N) is 1. The highest BCUT2D eigenvalue weighted by molar-refractivity contribution is 9.10. The Morgan fingerprint density at radius 2 is 2.10 bits per heavy atom. The minimum atomic E-state index is 0.797. The number of benzene rings is 1. The van der Waals surface area contributed by atoms with Crippen LogP contribution in [0.3, 0.4) is 0 Å². The molecular weight excluding hydrogens is 312 g/mol. The Bertz CT molecular complexity index is 460. The van der Waals surface area contributed by atoms with Crippen LogP contribution < -0.4 is 10.2 Å². The van der Waals surface area contributed by atoms with Crippen molar-refractivity contribution in [1.82, 2.24) is 5.32 Å². The maximum Gasteiger partial charge on any atom is 0.0415 e. The second-order valence-corrected chi connectivity index (χ2v) is 7.06. The van der Waals surface area contributed by atoms with E-state index in [0.29, 0.717) is 0 Å². The first-order chi connectivity index (χ1) is 9.79. The fourth-order valence-corrected chi connectivity index (χ4v) is 4.40. The molecule has 3 rings (SSSR count). The van der Waals surface area contributed by atoms with E-state index in [1.807, 2.05) is 0 Å². The second-order valence-electron chi connectivity index (χ2n) is 6.15. The number of hydrogen-bond donors (Lipinski definition) is 1. The Labute approximate surface area is 131 Å². The molecular formula is C17H25BrN2. The van der Waals surface area contributed by atoms with Crippen molar-refractivity contribution in [3.05, 3.63) is 28.2 Å². The van der Waals surface area contributed by atoms with Gasteiger partial charge in [0.05, 0.1) is 0 Å². The summed E-state index contributed by atoms with van der Waals surface area (Å²) >= 11 is 3.62. The number of piperidine rings is 1. The highest BCUT2D eigenvalue weighted by atomic mass is 79.9. The number of hydrogen-bond acceptors (Lipinski definition) is 2. The van der Waals surface area contributed by atoms with Gasteiger partial charge in [0.15, 0.2) is 0 Å². The lowest BCUT2D eigenvalue weighted by Gasteiger charge is -2.40. The summed E-state index contributed by atoms with van der Waals surface area (Å²) in [4.78, 5) is 2.71. The fraction of sp³-hybridized carbons (Fsp3) is 0.647. The first-order valence-electron chi connectivity index (χ1n) is 8.05. The van der Waals surface area contributed by atoms with Gasteiger partial charge in [-0.25, -0.2) is 0 Å². The summed E-state index contributed by atoms with van der Waals surface area (Å²) in [6.45, 7) is 5.41. The minimum absolute atomic E-state index is 0.797. The molecule has 1 saturated carbocycles. The van der Waals surface area contributed by atoms with Gasteiger partial charge in [-0.2, -0.15) is 0 Å². The number of nitrogens with one attached hydrogen (secondary N) is 1. The van der Waals surface area contributed by atoms with Crippen LogP contribution in [-0.4, -0.2) is 19.1 Å². The van der Waals surface area contributed by atoms with Crippen molar-refractivity contribution in [3.63, 3.8) is 0 Å². The topological polar surface area (TPSA) is 15.3 Å². The van der Waals surface area contributed by atoms with Crippen molar-refractivity contribution in [3.8, 4) is 0 Å². The van der Waals surface area contributed by atoms with Gasteiger partial charge in [0.1, 0.15) is 0 Å². The van der Waals surface area contributed by atoms with Crippen LogP contribution in [0.5, 0.6) is 0 Å². The summed E-state index contributed by atoms with van der Waals surface area (Å²) in [5.41, 5.74) is 2.90.